The molecule has 7 nitrogen and oxygen atoms in total. The standard InChI is InChI=1S/C18H14FN5O2/c1-26-15-8-7-12(9-13(15)19)20-17-21-14(11-5-3-2-4-6-11)10-16-22-23-18(25)24(16)17/h2-10H,1H3,(H,20,21)(H,23,25). The summed E-state index contributed by atoms with van der Waals surface area (Å²) >= 11 is 0. The molecule has 2 aromatic carbocycles. The number of halogens is 1. The lowest BCUT2D eigenvalue weighted by atomic mass is 10.1. The third kappa shape index (κ3) is 2.77. The predicted octanol–water partition coefficient (Wildman–Crippen LogP) is 2.98. The van der Waals surface area contributed by atoms with Crippen LogP contribution in [0.15, 0.2) is 59.4 Å². The van der Waals surface area contributed by atoms with E-state index in [1.165, 1.54) is 23.6 Å². The highest BCUT2D eigenvalue weighted by atomic mass is 19.1. The molecule has 4 aromatic rings. The highest BCUT2D eigenvalue weighted by Gasteiger charge is 2.13. The summed E-state index contributed by atoms with van der Waals surface area (Å²) in [5.74, 6) is -0.163. The minimum atomic E-state index is -0.521. The Balaban J connectivity index is 1.84. The van der Waals surface area contributed by atoms with Gasteiger partial charge in [-0.2, -0.15) is 5.10 Å². The Bertz CT molecular complexity index is 1140. The molecule has 0 amide bonds. The third-order valence-electron chi connectivity index (χ3n) is 3.88. The first-order valence-corrected chi connectivity index (χ1v) is 7.80. The molecular formula is C18H14FN5O2. The average Bonchev–Trinajstić information content (AvgIpc) is 3.04. The number of nitrogens with zero attached hydrogens (tertiary/aromatic N) is 3. The van der Waals surface area contributed by atoms with Gasteiger partial charge in [0.05, 0.1) is 12.8 Å². The molecule has 4 rings (SSSR count). The van der Waals surface area contributed by atoms with Gasteiger partial charge in [0.2, 0.25) is 5.95 Å². The van der Waals surface area contributed by atoms with Crippen molar-refractivity contribution in [1.29, 1.82) is 0 Å². The number of aromatic nitrogens is 4. The fraction of sp³-hybridized carbons (Fsp3) is 0.0556. The molecule has 0 bridgehead atoms. The molecule has 2 aromatic heterocycles. The molecule has 2 heterocycles. The molecule has 2 N–H and O–H groups in total. The first kappa shape index (κ1) is 15.8. The molecule has 26 heavy (non-hydrogen) atoms. The van der Waals surface area contributed by atoms with Crippen molar-refractivity contribution in [3.05, 3.63) is 70.9 Å². The molecule has 0 aliphatic heterocycles. The second-order valence-corrected chi connectivity index (χ2v) is 5.53. The molecule has 0 saturated heterocycles. The van der Waals surface area contributed by atoms with Gasteiger partial charge in [-0.3, -0.25) is 0 Å². The van der Waals surface area contributed by atoms with Crippen LogP contribution in [-0.2, 0) is 0 Å². The SMILES string of the molecule is COc1ccc(Nc2nc(-c3ccccc3)cc3n[nH]c(=O)n23)cc1F. The Kier molecular flexibility index (Phi) is 3.85. The normalized spacial score (nSPS) is 10.8. The van der Waals surface area contributed by atoms with E-state index in [9.17, 15) is 9.18 Å². The monoisotopic (exact) mass is 351 g/mol. The highest BCUT2D eigenvalue weighted by molar-refractivity contribution is 5.67. The summed E-state index contributed by atoms with van der Waals surface area (Å²) in [6.07, 6.45) is 0. The summed E-state index contributed by atoms with van der Waals surface area (Å²) in [6.45, 7) is 0. The number of nitrogens with one attached hydrogen (secondary N) is 2. The van der Waals surface area contributed by atoms with Crippen molar-refractivity contribution in [3.8, 4) is 17.0 Å². The maximum absolute atomic E-state index is 14.0. The number of H-pyrrole nitrogens is 1. The molecule has 0 unspecified atom stereocenters. The lowest BCUT2D eigenvalue weighted by Crippen LogP contribution is -2.14. The molecule has 0 aliphatic carbocycles. The zero-order valence-electron chi connectivity index (χ0n) is 13.7. The van der Waals surface area contributed by atoms with Gasteiger partial charge in [-0.05, 0) is 12.1 Å². The van der Waals surface area contributed by atoms with Crippen molar-refractivity contribution in [2.75, 3.05) is 12.4 Å². The number of aromatic amines is 1. The largest absolute Gasteiger partial charge is 0.494 e. The van der Waals surface area contributed by atoms with Crippen LogP contribution >= 0.6 is 0 Å². The molecule has 130 valence electrons. The van der Waals surface area contributed by atoms with Gasteiger partial charge in [-0.1, -0.05) is 30.3 Å². The highest BCUT2D eigenvalue weighted by Crippen LogP contribution is 2.25. The third-order valence-corrected chi connectivity index (χ3v) is 3.88. The number of anilines is 2. The van der Waals surface area contributed by atoms with Crippen molar-refractivity contribution >= 4 is 17.3 Å². The van der Waals surface area contributed by atoms with E-state index in [-0.39, 0.29) is 11.7 Å². The predicted molar refractivity (Wildman–Crippen MR) is 95.3 cm³/mol. The first-order chi connectivity index (χ1) is 12.7. The van der Waals surface area contributed by atoms with Crippen LogP contribution in [0.4, 0.5) is 16.0 Å². The van der Waals surface area contributed by atoms with E-state index in [4.69, 9.17) is 4.74 Å². The number of fused-ring (bicyclic) bond motifs is 1. The van der Waals surface area contributed by atoms with E-state index < -0.39 is 11.5 Å². The van der Waals surface area contributed by atoms with Gasteiger partial charge >= 0.3 is 5.69 Å². The molecule has 0 aliphatic rings. The van der Waals surface area contributed by atoms with Crippen LogP contribution in [0, 0.1) is 5.82 Å². The minimum absolute atomic E-state index is 0.132. The summed E-state index contributed by atoms with van der Waals surface area (Å²) in [7, 11) is 1.39. The number of hydrogen-bond acceptors (Lipinski definition) is 5. The summed E-state index contributed by atoms with van der Waals surface area (Å²) in [6, 6.07) is 15.6. The summed E-state index contributed by atoms with van der Waals surface area (Å²) in [5, 5.41) is 9.37. The summed E-state index contributed by atoms with van der Waals surface area (Å²) < 4.78 is 20.2. The quantitative estimate of drug-likeness (QED) is 0.590. The molecule has 0 fully saturated rings. The van der Waals surface area contributed by atoms with Crippen molar-refractivity contribution in [3.63, 3.8) is 0 Å². The number of hydrogen-bond donors (Lipinski definition) is 2. The van der Waals surface area contributed by atoms with E-state index in [1.54, 1.807) is 12.1 Å². The second-order valence-electron chi connectivity index (χ2n) is 5.53. The zero-order valence-corrected chi connectivity index (χ0v) is 13.7. The van der Waals surface area contributed by atoms with Crippen LogP contribution in [0.1, 0.15) is 0 Å². The molecule has 8 heteroatoms. The number of benzene rings is 2. The van der Waals surface area contributed by atoms with Gasteiger partial charge in [-0.25, -0.2) is 23.7 Å². The lowest BCUT2D eigenvalue weighted by molar-refractivity contribution is 0.386. The van der Waals surface area contributed by atoms with Crippen LogP contribution in [0.25, 0.3) is 16.9 Å². The summed E-state index contributed by atoms with van der Waals surface area (Å²) in [4.78, 5) is 16.6. The fourth-order valence-electron chi connectivity index (χ4n) is 2.64. The Hall–Kier alpha value is -3.68. The first-order valence-electron chi connectivity index (χ1n) is 7.80. The van der Waals surface area contributed by atoms with Gasteiger partial charge in [0.15, 0.2) is 17.2 Å². The lowest BCUT2D eigenvalue weighted by Gasteiger charge is -2.10. The van der Waals surface area contributed by atoms with E-state index >= 15 is 0 Å². The number of rotatable bonds is 4. The molecule has 0 saturated carbocycles. The maximum Gasteiger partial charge on any atom is 0.350 e. The molecule has 0 atom stereocenters. The van der Waals surface area contributed by atoms with Crippen molar-refractivity contribution in [2.24, 2.45) is 0 Å². The average molecular weight is 351 g/mol. The van der Waals surface area contributed by atoms with Gasteiger partial charge in [0.25, 0.3) is 0 Å². The summed E-state index contributed by atoms with van der Waals surface area (Å²) in [5.41, 5.74) is 1.89. The van der Waals surface area contributed by atoms with Gasteiger partial charge < -0.3 is 10.1 Å². The zero-order chi connectivity index (χ0) is 18.1. The number of methoxy groups -OCH3 is 1. The van der Waals surface area contributed by atoms with Crippen LogP contribution < -0.4 is 15.7 Å². The Morgan fingerprint density at radius 1 is 1.15 bits per heavy atom. The van der Waals surface area contributed by atoms with Gasteiger partial charge in [0, 0.05) is 23.4 Å². The minimum Gasteiger partial charge on any atom is -0.494 e. The van der Waals surface area contributed by atoms with E-state index in [2.05, 4.69) is 20.5 Å². The number of ether oxygens (including phenoxy) is 1. The molecular weight excluding hydrogens is 337 g/mol. The Morgan fingerprint density at radius 2 is 1.96 bits per heavy atom. The van der Waals surface area contributed by atoms with Crippen LogP contribution in [0.3, 0.4) is 0 Å². The topological polar surface area (TPSA) is 84.3 Å². The van der Waals surface area contributed by atoms with E-state index in [1.807, 2.05) is 30.3 Å². The molecule has 0 spiro atoms. The maximum atomic E-state index is 14.0. The van der Waals surface area contributed by atoms with Crippen LogP contribution in [-0.4, -0.2) is 26.7 Å². The van der Waals surface area contributed by atoms with Crippen LogP contribution in [0.2, 0.25) is 0 Å². The fourth-order valence-corrected chi connectivity index (χ4v) is 2.64. The van der Waals surface area contributed by atoms with Gasteiger partial charge in [0.1, 0.15) is 0 Å². The van der Waals surface area contributed by atoms with E-state index in [0.717, 1.165) is 5.56 Å². The Morgan fingerprint density at radius 3 is 2.69 bits per heavy atom. The van der Waals surface area contributed by atoms with Crippen molar-refractivity contribution < 1.29 is 9.13 Å². The van der Waals surface area contributed by atoms with E-state index in [0.29, 0.717) is 17.0 Å². The van der Waals surface area contributed by atoms with Crippen molar-refractivity contribution in [1.82, 2.24) is 19.6 Å². The smallest absolute Gasteiger partial charge is 0.350 e. The van der Waals surface area contributed by atoms with Crippen LogP contribution in [0.5, 0.6) is 5.75 Å². The van der Waals surface area contributed by atoms with Gasteiger partial charge in [-0.15, -0.1) is 0 Å². The molecule has 0 radical (unpaired) electrons. The second kappa shape index (κ2) is 6.32. The Labute approximate surface area is 147 Å². The van der Waals surface area contributed by atoms with Crippen molar-refractivity contribution in [2.45, 2.75) is 0 Å².